The van der Waals surface area contributed by atoms with Gasteiger partial charge in [0.2, 0.25) is 0 Å². The summed E-state index contributed by atoms with van der Waals surface area (Å²) < 4.78 is 10.0. The number of hydrogen-bond donors (Lipinski definition) is 1. The van der Waals surface area contributed by atoms with E-state index < -0.39 is 17.9 Å². The number of nitrogens with one attached hydrogen (secondary N) is 1. The van der Waals surface area contributed by atoms with E-state index in [1.54, 1.807) is 0 Å². The topological polar surface area (TPSA) is 64.6 Å². The quantitative estimate of drug-likeness (QED) is 0.840. The molecule has 2 rings (SSSR count). The van der Waals surface area contributed by atoms with Crippen LogP contribution in [0.3, 0.4) is 0 Å². The average Bonchev–Trinajstić information content (AvgIpc) is 2.52. The van der Waals surface area contributed by atoms with E-state index in [1.165, 1.54) is 7.11 Å². The largest absolute Gasteiger partial charge is 0.469 e. The molecule has 1 aliphatic rings. The summed E-state index contributed by atoms with van der Waals surface area (Å²) in [6.07, 6.45) is 1.49. The highest BCUT2D eigenvalue weighted by Crippen LogP contribution is 2.19. The molecular formula is C15H19NO4. The number of carbonyl (C=O) groups excluding carboxylic acids is 2. The van der Waals surface area contributed by atoms with Crippen molar-refractivity contribution in [1.82, 2.24) is 5.32 Å². The van der Waals surface area contributed by atoms with E-state index in [0.717, 1.165) is 12.0 Å². The zero-order chi connectivity index (χ0) is 14.4. The molecule has 5 nitrogen and oxygen atoms in total. The minimum atomic E-state index is -0.611. The lowest BCUT2D eigenvalue weighted by Gasteiger charge is -2.28. The van der Waals surface area contributed by atoms with Crippen LogP contribution < -0.4 is 5.32 Å². The third kappa shape index (κ3) is 3.57. The predicted molar refractivity (Wildman–Crippen MR) is 72.8 cm³/mol. The number of rotatable bonds is 4. The fourth-order valence-electron chi connectivity index (χ4n) is 2.36. The number of piperidine rings is 1. The van der Waals surface area contributed by atoms with E-state index in [2.05, 4.69) is 5.32 Å². The molecule has 0 spiro atoms. The summed E-state index contributed by atoms with van der Waals surface area (Å²) in [4.78, 5) is 23.8. The molecule has 0 amide bonds. The molecule has 108 valence electrons. The molecule has 2 atom stereocenters. The zero-order valence-corrected chi connectivity index (χ0v) is 11.5. The minimum absolute atomic E-state index is 0.214. The molecule has 0 aliphatic carbocycles. The highest BCUT2D eigenvalue weighted by Gasteiger charge is 2.37. The average molecular weight is 277 g/mol. The predicted octanol–water partition coefficient (Wildman–Crippen LogP) is 1.27. The number of hydrogen-bond acceptors (Lipinski definition) is 5. The number of carbonyl (C=O) groups is 2. The van der Waals surface area contributed by atoms with Gasteiger partial charge in [0.1, 0.15) is 12.6 Å². The first kappa shape index (κ1) is 14.5. The Morgan fingerprint density at radius 1 is 1.25 bits per heavy atom. The second-order valence-electron chi connectivity index (χ2n) is 4.80. The highest BCUT2D eigenvalue weighted by molar-refractivity contribution is 5.84. The summed E-state index contributed by atoms with van der Waals surface area (Å²) in [6.45, 7) is 0.921. The van der Waals surface area contributed by atoms with Gasteiger partial charge in [-0.2, -0.15) is 0 Å². The van der Waals surface area contributed by atoms with Gasteiger partial charge in [0.25, 0.3) is 0 Å². The van der Waals surface area contributed by atoms with E-state index in [4.69, 9.17) is 9.47 Å². The smallest absolute Gasteiger partial charge is 0.324 e. The molecule has 1 fully saturated rings. The summed E-state index contributed by atoms with van der Waals surface area (Å²) in [6, 6.07) is 8.85. The van der Waals surface area contributed by atoms with Crippen molar-refractivity contribution in [2.75, 3.05) is 13.7 Å². The summed E-state index contributed by atoms with van der Waals surface area (Å²) >= 11 is 0. The van der Waals surface area contributed by atoms with E-state index in [9.17, 15) is 9.59 Å². The molecular weight excluding hydrogens is 258 g/mol. The van der Waals surface area contributed by atoms with Crippen molar-refractivity contribution in [3.05, 3.63) is 35.9 Å². The van der Waals surface area contributed by atoms with E-state index >= 15 is 0 Å². The van der Waals surface area contributed by atoms with E-state index in [0.29, 0.717) is 13.0 Å². The Balaban J connectivity index is 1.94. The first-order chi connectivity index (χ1) is 9.72. The fourth-order valence-corrected chi connectivity index (χ4v) is 2.36. The summed E-state index contributed by atoms with van der Waals surface area (Å²) in [5.41, 5.74) is 0.922. The van der Waals surface area contributed by atoms with Crippen LogP contribution in [-0.4, -0.2) is 31.6 Å². The summed E-state index contributed by atoms with van der Waals surface area (Å²) in [5.74, 6) is -1.22. The maximum Gasteiger partial charge on any atom is 0.324 e. The molecule has 1 N–H and O–H groups in total. The molecule has 0 bridgehead atoms. The van der Waals surface area contributed by atoms with Crippen LogP contribution >= 0.6 is 0 Å². The molecule has 1 aliphatic heterocycles. The van der Waals surface area contributed by atoms with Gasteiger partial charge in [-0.3, -0.25) is 9.59 Å². The summed E-state index contributed by atoms with van der Waals surface area (Å²) in [7, 11) is 1.34. The molecule has 1 aromatic carbocycles. The molecule has 1 heterocycles. The Morgan fingerprint density at radius 3 is 2.70 bits per heavy atom. The maximum atomic E-state index is 12.1. The van der Waals surface area contributed by atoms with Crippen LogP contribution in [0.1, 0.15) is 18.4 Å². The maximum absolute atomic E-state index is 12.1. The molecule has 0 radical (unpaired) electrons. The van der Waals surface area contributed by atoms with Gasteiger partial charge in [0.15, 0.2) is 0 Å². The number of methoxy groups -OCH3 is 1. The van der Waals surface area contributed by atoms with Crippen LogP contribution in [0.15, 0.2) is 30.3 Å². The first-order valence-electron chi connectivity index (χ1n) is 6.74. The Kier molecular flexibility index (Phi) is 5.12. The molecule has 1 aromatic rings. The lowest BCUT2D eigenvalue weighted by atomic mass is 9.91. The summed E-state index contributed by atoms with van der Waals surface area (Å²) in [5, 5.41) is 3.05. The Hall–Kier alpha value is -1.88. The van der Waals surface area contributed by atoms with Crippen LogP contribution in [0.25, 0.3) is 0 Å². The standard InChI is InChI=1S/C15H19NO4/c1-19-14(17)12-8-5-9-16-13(12)15(18)20-10-11-6-3-2-4-7-11/h2-4,6-7,12-13,16H,5,8-10H2,1H3. The fraction of sp³-hybridized carbons (Fsp3) is 0.467. The third-order valence-corrected chi connectivity index (χ3v) is 3.44. The SMILES string of the molecule is COC(=O)C1CCCNC1C(=O)OCc1ccccc1. The van der Waals surface area contributed by atoms with Crippen molar-refractivity contribution in [2.45, 2.75) is 25.5 Å². The van der Waals surface area contributed by atoms with Crippen molar-refractivity contribution in [2.24, 2.45) is 5.92 Å². The van der Waals surface area contributed by atoms with Gasteiger partial charge in [0.05, 0.1) is 13.0 Å². The van der Waals surface area contributed by atoms with Crippen LogP contribution in [0.2, 0.25) is 0 Å². The molecule has 0 aromatic heterocycles. The van der Waals surface area contributed by atoms with Crippen molar-refractivity contribution >= 4 is 11.9 Å². The highest BCUT2D eigenvalue weighted by atomic mass is 16.5. The van der Waals surface area contributed by atoms with Gasteiger partial charge in [-0.15, -0.1) is 0 Å². The van der Waals surface area contributed by atoms with E-state index in [-0.39, 0.29) is 12.6 Å². The molecule has 0 saturated carbocycles. The van der Waals surface area contributed by atoms with Gasteiger partial charge in [-0.25, -0.2) is 0 Å². The van der Waals surface area contributed by atoms with Crippen LogP contribution in [-0.2, 0) is 25.7 Å². The Bertz CT molecular complexity index is 460. The number of benzene rings is 1. The van der Waals surface area contributed by atoms with Crippen LogP contribution in [0.5, 0.6) is 0 Å². The normalized spacial score (nSPS) is 22.1. The van der Waals surface area contributed by atoms with Crippen molar-refractivity contribution < 1.29 is 19.1 Å². The van der Waals surface area contributed by atoms with Crippen LogP contribution in [0, 0.1) is 5.92 Å². The zero-order valence-electron chi connectivity index (χ0n) is 11.5. The third-order valence-electron chi connectivity index (χ3n) is 3.44. The lowest BCUT2D eigenvalue weighted by molar-refractivity contribution is -0.158. The van der Waals surface area contributed by atoms with Gasteiger partial charge in [0, 0.05) is 0 Å². The van der Waals surface area contributed by atoms with E-state index in [1.807, 2.05) is 30.3 Å². The molecule has 2 unspecified atom stereocenters. The lowest BCUT2D eigenvalue weighted by Crippen LogP contribution is -2.50. The minimum Gasteiger partial charge on any atom is -0.469 e. The van der Waals surface area contributed by atoms with Crippen molar-refractivity contribution in [3.63, 3.8) is 0 Å². The second kappa shape index (κ2) is 7.05. The molecule has 20 heavy (non-hydrogen) atoms. The Labute approximate surface area is 118 Å². The van der Waals surface area contributed by atoms with Crippen molar-refractivity contribution in [1.29, 1.82) is 0 Å². The Morgan fingerprint density at radius 2 is 2.00 bits per heavy atom. The number of ether oxygens (including phenoxy) is 2. The molecule has 1 saturated heterocycles. The van der Waals surface area contributed by atoms with Gasteiger partial charge < -0.3 is 14.8 Å². The van der Waals surface area contributed by atoms with Gasteiger partial charge in [-0.05, 0) is 24.9 Å². The van der Waals surface area contributed by atoms with Gasteiger partial charge in [-0.1, -0.05) is 30.3 Å². The first-order valence-corrected chi connectivity index (χ1v) is 6.74. The molecule has 5 heteroatoms. The van der Waals surface area contributed by atoms with Crippen molar-refractivity contribution in [3.8, 4) is 0 Å². The van der Waals surface area contributed by atoms with Gasteiger partial charge >= 0.3 is 11.9 Å². The van der Waals surface area contributed by atoms with Crippen LogP contribution in [0.4, 0.5) is 0 Å². The monoisotopic (exact) mass is 277 g/mol. The number of esters is 2. The second-order valence-corrected chi connectivity index (χ2v) is 4.80.